The number of hydrogen-bond acceptors (Lipinski definition) is 3. The minimum absolute atomic E-state index is 0.0286. The summed E-state index contributed by atoms with van der Waals surface area (Å²) in [5, 5.41) is 3.58. The molecule has 16 heavy (non-hydrogen) atoms. The molecule has 0 aliphatic carbocycles. The fourth-order valence-electron chi connectivity index (χ4n) is 2.13. The predicted octanol–water partition coefficient (Wildman–Crippen LogP) is 2.56. The van der Waals surface area contributed by atoms with Crippen LogP contribution in [0.2, 0.25) is 0 Å². The second-order valence-corrected chi connectivity index (χ2v) is 4.88. The monoisotopic (exact) mass is 220 g/mol. The first-order chi connectivity index (χ1) is 7.51. The fourth-order valence-corrected chi connectivity index (χ4v) is 2.13. The molecule has 0 saturated carbocycles. The van der Waals surface area contributed by atoms with E-state index in [0.29, 0.717) is 0 Å². The van der Waals surface area contributed by atoms with Crippen molar-refractivity contribution in [3.63, 3.8) is 0 Å². The van der Waals surface area contributed by atoms with Crippen molar-refractivity contribution in [3.05, 3.63) is 23.8 Å². The van der Waals surface area contributed by atoms with Crippen LogP contribution in [-0.2, 0) is 4.74 Å². The van der Waals surface area contributed by atoms with Crippen LogP contribution in [0.25, 0.3) is 0 Å². The van der Waals surface area contributed by atoms with Gasteiger partial charge >= 0.3 is 0 Å². The first-order valence-electron chi connectivity index (χ1n) is 5.77. The fraction of sp³-hybridized carbons (Fsp3) is 0.538. The SMILES string of the molecule is Cc1cc(N)ccc1NC1(C)CCOC1C. The Morgan fingerprint density at radius 1 is 1.50 bits per heavy atom. The molecule has 2 unspecified atom stereocenters. The minimum atomic E-state index is 0.0286. The Balaban J connectivity index is 2.20. The van der Waals surface area contributed by atoms with E-state index >= 15 is 0 Å². The molecule has 0 radical (unpaired) electrons. The van der Waals surface area contributed by atoms with E-state index in [4.69, 9.17) is 10.5 Å². The topological polar surface area (TPSA) is 47.3 Å². The third-order valence-electron chi connectivity index (χ3n) is 3.56. The van der Waals surface area contributed by atoms with Gasteiger partial charge in [0.25, 0.3) is 0 Å². The van der Waals surface area contributed by atoms with Crippen molar-refractivity contribution in [2.75, 3.05) is 17.7 Å². The van der Waals surface area contributed by atoms with Crippen molar-refractivity contribution in [2.45, 2.75) is 38.8 Å². The predicted molar refractivity (Wildman–Crippen MR) is 67.7 cm³/mol. The van der Waals surface area contributed by atoms with Crippen LogP contribution in [0.4, 0.5) is 11.4 Å². The molecule has 2 atom stereocenters. The summed E-state index contributed by atoms with van der Waals surface area (Å²) < 4.78 is 5.62. The zero-order valence-electron chi connectivity index (χ0n) is 10.2. The van der Waals surface area contributed by atoms with Crippen molar-refractivity contribution in [1.29, 1.82) is 0 Å². The van der Waals surface area contributed by atoms with Gasteiger partial charge in [-0.05, 0) is 51.0 Å². The van der Waals surface area contributed by atoms with E-state index < -0.39 is 0 Å². The van der Waals surface area contributed by atoms with Crippen molar-refractivity contribution < 1.29 is 4.74 Å². The molecule has 0 bridgehead atoms. The van der Waals surface area contributed by atoms with E-state index in [9.17, 15) is 0 Å². The van der Waals surface area contributed by atoms with Crippen LogP contribution in [0, 0.1) is 6.92 Å². The lowest BCUT2D eigenvalue weighted by molar-refractivity contribution is 0.105. The lowest BCUT2D eigenvalue weighted by Gasteiger charge is -2.31. The van der Waals surface area contributed by atoms with Gasteiger partial charge in [-0.1, -0.05) is 0 Å². The molecule has 1 fully saturated rings. The second kappa shape index (κ2) is 3.98. The van der Waals surface area contributed by atoms with E-state index in [1.54, 1.807) is 0 Å². The van der Waals surface area contributed by atoms with Crippen LogP contribution in [-0.4, -0.2) is 18.2 Å². The maximum Gasteiger partial charge on any atom is 0.0774 e. The number of hydrogen-bond donors (Lipinski definition) is 2. The van der Waals surface area contributed by atoms with Crippen LogP contribution in [0.3, 0.4) is 0 Å². The molecule has 88 valence electrons. The molecule has 1 saturated heterocycles. The average molecular weight is 220 g/mol. The van der Waals surface area contributed by atoms with Gasteiger partial charge in [-0.2, -0.15) is 0 Å². The molecular weight excluding hydrogens is 200 g/mol. The Bertz CT molecular complexity index is 392. The van der Waals surface area contributed by atoms with Crippen molar-refractivity contribution in [2.24, 2.45) is 0 Å². The van der Waals surface area contributed by atoms with E-state index in [1.165, 1.54) is 5.56 Å². The van der Waals surface area contributed by atoms with Crippen LogP contribution >= 0.6 is 0 Å². The van der Waals surface area contributed by atoms with Crippen molar-refractivity contribution in [3.8, 4) is 0 Å². The summed E-state index contributed by atoms with van der Waals surface area (Å²) in [5.41, 5.74) is 8.91. The summed E-state index contributed by atoms with van der Waals surface area (Å²) in [6.07, 6.45) is 1.28. The number of ether oxygens (including phenoxy) is 1. The third kappa shape index (κ3) is 2.00. The van der Waals surface area contributed by atoms with Gasteiger partial charge < -0.3 is 15.8 Å². The number of aryl methyl sites for hydroxylation is 1. The number of nitrogens with one attached hydrogen (secondary N) is 1. The van der Waals surface area contributed by atoms with Gasteiger partial charge in [0.1, 0.15) is 0 Å². The molecule has 2 rings (SSSR count). The highest BCUT2D eigenvalue weighted by Crippen LogP contribution is 2.31. The third-order valence-corrected chi connectivity index (χ3v) is 3.56. The molecule has 0 spiro atoms. The molecule has 0 aromatic heterocycles. The standard InChI is InChI=1S/C13H20N2O/c1-9-8-11(14)4-5-12(9)15-13(3)6-7-16-10(13)2/h4-5,8,10,15H,6-7,14H2,1-3H3. The molecule has 1 aliphatic rings. The molecular formula is C13H20N2O. The number of nitrogens with two attached hydrogens (primary N) is 1. The highest BCUT2D eigenvalue weighted by molar-refractivity contribution is 5.58. The van der Waals surface area contributed by atoms with E-state index in [0.717, 1.165) is 24.4 Å². The lowest BCUT2D eigenvalue weighted by atomic mass is 9.94. The summed E-state index contributed by atoms with van der Waals surface area (Å²) >= 11 is 0. The van der Waals surface area contributed by atoms with E-state index in [2.05, 4.69) is 26.1 Å². The molecule has 3 N–H and O–H groups in total. The summed E-state index contributed by atoms with van der Waals surface area (Å²) in [7, 11) is 0. The molecule has 3 nitrogen and oxygen atoms in total. The van der Waals surface area contributed by atoms with E-state index in [1.807, 2.05) is 18.2 Å². The van der Waals surface area contributed by atoms with E-state index in [-0.39, 0.29) is 11.6 Å². The Kier molecular flexibility index (Phi) is 2.80. The number of nitrogen functional groups attached to an aromatic ring is 1. The molecule has 1 heterocycles. The van der Waals surface area contributed by atoms with Crippen LogP contribution in [0.15, 0.2) is 18.2 Å². The van der Waals surface area contributed by atoms with Gasteiger partial charge in [-0.15, -0.1) is 0 Å². The Hall–Kier alpha value is -1.22. The van der Waals surface area contributed by atoms with Crippen LogP contribution < -0.4 is 11.1 Å². The smallest absolute Gasteiger partial charge is 0.0774 e. The first kappa shape index (κ1) is 11.3. The molecule has 1 aliphatic heterocycles. The largest absolute Gasteiger partial charge is 0.399 e. The molecule has 0 amide bonds. The van der Waals surface area contributed by atoms with Gasteiger partial charge in [0.2, 0.25) is 0 Å². The minimum Gasteiger partial charge on any atom is -0.399 e. The Morgan fingerprint density at radius 2 is 2.25 bits per heavy atom. The second-order valence-electron chi connectivity index (χ2n) is 4.88. The quantitative estimate of drug-likeness (QED) is 0.753. The zero-order chi connectivity index (χ0) is 11.8. The maximum absolute atomic E-state index is 5.74. The zero-order valence-corrected chi connectivity index (χ0v) is 10.2. The number of benzene rings is 1. The van der Waals surface area contributed by atoms with Crippen molar-refractivity contribution >= 4 is 11.4 Å². The Morgan fingerprint density at radius 3 is 2.81 bits per heavy atom. The van der Waals surface area contributed by atoms with Crippen LogP contribution in [0.5, 0.6) is 0 Å². The van der Waals surface area contributed by atoms with Crippen molar-refractivity contribution in [1.82, 2.24) is 0 Å². The normalized spacial score (nSPS) is 29.3. The van der Waals surface area contributed by atoms with Gasteiger partial charge in [0.05, 0.1) is 11.6 Å². The Labute approximate surface area is 97.0 Å². The molecule has 1 aromatic carbocycles. The van der Waals surface area contributed by atoms with Gasteiger partial charge in [0.15, 0.2) is 0 Å². The van der Waals surface area contributed by atoms with Crippen LogP contribution in [0.1, 0.15) is 25.8 Å². The molecule has 3 heteroatoms. The number of rotatable bonds is 2. The van der Waals surface area contributed by atoms with Gasteiger partial charge in [-0.25, -0.2) is 0 Å². The lowest BCUT2D eigenvalue weighted by Crippen LogP contribution is -2.41. The summed E-state index contributed by atoms with van der Waals surface area (Å²) in [6.45, 7) is 7.23. The summed E-state index contributed by atoms with van der Waals surface area (Å²) in [6, 6.07) is 5.96. The highest BCUT2D eigenvalue weighted by Gasteiger charge is 2.36. The van der Waals surface area contributed by atoms with Gasteiger partial charge in [-0.3, -0.25) is 0 Å². The maximum atomic E-state index is 5.74. The number of anilines is 2. The average Bonchev–Trinajstić information content (AvgIpc) is 2.52. The summed E-state index contributed by atoms with van der Waals surface area (Å²) in [5.74, 6) is 0. The van der Waals surface area contributed by atoms with Gasteiger partial charge in [0, 0.05) is 18.0 Å². The first-order valence-corrected chi connectivity index (χ1v) is 5.77. The summed E-state index contributed by atoms with van der Waals surface area (Å²) in [4.78, 5) is 0. The molecule has 1 aromatic rings. The highest BCUT2D eigenvalue weighted by atomic mass is 16.5.